The number of hydrogen-bond donors (Lipinski definition) is 1. The second-order valence-corrected chi connectivity index (χ2v) is 4.53. The Morgan fingerprint density at radius 2 is 1.85 bits per heavy atom. The predicted molar refractivity (Wildman–Crippen MR) is 74.0 cm³/mol. The molecule has 1 rings (SSSR count). The molecule has 5 nitrogen and oxygen atoms in total. The highest BCUT2D eigenvalue weighted by Crippen LogP contribution is 2.14. The molecular formula is C14H23FN2O3. The van der Waals surface area contributed by atoms with Crippen LogP contribution in [0.5, 0.6) is 0 Å². The summed E-state index contributed by atoms with van der Waals surface area (Å²) in [6, 6.07) is 2.81. The van der Waals surface area contributed by atoms with Crippen molar-refractivity contribution in [2.75, 3.05) is 47.1 Å². The highest BCUT2D eigenvalue weighted by molar-refractivity contribution is 5.07. The maximum Gasteiger partial charge on any atom is 0.141 e. The molecule has 0 spiro atoms. The van der Waals surface area contributed by atoms with Crippen molar-refractivity contribution in [3.05, 3.63) is 29.8 Å². The van der Waals surface area contributed by atoms with Gasteiger partial charge in [-0.25, -0.2) is 4.39 Å². The molecule has 0 saturated carbocycles. The lowest BCUT2D eigenvalue weighted by molar-refractivity contribution is 0.0934. The van der Waals surface area contributed by atoms with Crippen LogP contribution < -0.4 is 0 Å². The number of pyridine rings is 1. The average molecular weight is 286 g/mol. The van der Waals surface area contributed by atoms with Crippen LogP contribution in [0.1, 0.15) is 18.2 Å². The normalized spacial score (nSPS) is 12.8. The minimum Gasteiger partial charge on any atom is -0.387 e. The monoisotopic (exact) mass is 286 g/mol. The van der Waals surface area contributed by atoms with E-state index in [0.29, 0.717) is 31.9 Å². The molecule has 1 aromatic heterocycles. The molecule has 0 aliphatic heterocycles. The molecule has 20 heavy (non-hydrogen) atoms. The fourth-order valence-electron chi connectivity index (χ4n) is 1.81. The van der Waals surface area contributed by atoms with Gasteiger partial charge in [0.1, 0.15) is 5.82 Å². The zero-order chi connectivity index (χ0) is 14.8. The molecule has 0 amide bonds. The summed E-state index contributed by atoms with van der Waals surface area (Å²) in [6.45, 7) is 3.53. The third-order valence-electron chi connectivity index (χ3n) is 3.03. The summed E-state index contributed by atoms with van der Waals surface area (Å²) < 4.78 is 22.9. The smallest absolute Gasteiger partial charge is 0.141 e. The standard InChI is InChI=1S/C14H23FN2O3/c1-19-9-7-17(8-10-20-2)6-5-14(18)13-4-3-12(15)11-16-13/h3-4,11,14,18H,5-10H2,1-2H3. The summed E-state index contributed by atoms with van der Waals surface area (Å²) in [5, 5.41) is 10.0. The van der Waals surface area contributed by atoms with Crippen LogP contribution in [0.25, 0.3) is 0 Å². The number of methoxy groups -OCH3 is 2. The van der Waals surface area contributed by atoms with Gasteiger partial charge in [0.15, 0.2) is 0 Å². The van der Waals surface area contributed by atoms with E-state index in [2.05, 4.69) is 9.88 Å². The molecule has 1 heterocycles. The molecule has 1 unspecified atom stereocenters. The highest BCUT2D eigenvalue weighted by atomic mass is 19.1. The zero-order valence-corrected chi connectivity index (χ0v) is 12.1. The second kappa shape index (κ2) is 9.77. The van der Waals surface area contributed by atoms with Crippen molar-refractivity contribution < 1.29 is 19.0 Å². The van der Waals surface area contributed by atoms with Gasteiger partial charge in [-0.15, -0.1) is 0 Å². The van der Waals surface area contributed by atoms with Crippen LogP contribution in [0.4, 0.5) is 4.39 Å². The first-order valence-corrected chi connectivity index (χ1v) is 6.67. The van der Waals surface area contributed by atoms with Crippen molar-refractivity contribution >= 4 is 0 Å². The third-order valence-corrected chi connectivity index (χ3v) is 3.03. The number of aliphatic hydroxyl groups excluding tert-OH is 1. The fraction of sp³-hybridized carbons (Fsp3) is 0.643. The molecule has 0 aliphatic rings. The lowest BCUT2D eigenvalue weighted by atomic mass is 10.1. The van der Waals surface area contributed by atoms with Crippen LogP contribution in [0.2, 0.25) is 0 Å². The highest BCUT2D eigenvalue weighted by Gasteiger charge is 2.12. The van der Waals surface area contributed by atoms with E-state index < -0.39 is 11.9 Å². The second-order valence-electron chi connectivity index (χ2n) is 4.53. The predicted octanol–water partition coefficient (Wildman–Crippen LogP) is 1.24. The summed E-state index contributed by atoms with van der Waals surface area (Å²) >= 11 is 0. The van der Waals surface area contributed by atoms with Crippen molar-refractivity contribution in [2.45, 2.75) is 12.5 Å². The van der Waals surface area contributed by atoms with Crippen LogP contribution in [0.15, 0.2) is 18.3 Å². The Balaban J connectivity index is 2.41. The van der Waals surface area contributed by atoms with E-state index in [1.807, 2.05) is 0 Å². The Hall–Kier alpha value is -1.08. The number of nitrogens with zero attached hydrogens (tertiary/aromatic N) is 2. The first kappa shape index (κ1) is 17.0. The Kier molecular flexibility index (Phi) is 8.29. The van der Waals surface area contributed by atoms with Gasteiger partial charge in [-0.3, -0.25) is 9.88 Å². The molecule has 0 saturated heterocycles. The van der Waals surface area contributed by atoms with Crippen molar-refractivity contribution in [3.8, 4) is 0 Å². The minimum atomic E-state index is -0.691. The molecule has 0 fully saturated rings. The Labute approximate surface area is 119 Å². The quantitative estimate of drug-likeness (QED) is 0.701. The molecule has 1 N–H and O–H groups in total. The summed E-state index contributed by atoms with van der Waals surface area (Å²) in [4.78, 5) is 6.04. The Morgan fingerprint density at radius 3 is 2.35 bits per heavy atom. The van der Waals surface area contributed by atoms with Gasteiger partial charge in [-0.2, -0.15) is 0 Å². The van der Waals surface area contributed by atoms with Crippen LogP contribution in [-0.2, 0) is 9.47 Å². The van der Waals surface area contributed by atoms with Gasteiger partial charge in [-0.05, 0) is 18.6 Å². The molecule has 114 valence electrons. The minimum absolute atomic E-state index is 0.400. The summed E-state index contributed by atoms with van der Waals surface area (Å²) in [7, 11) is 3.32. The first-order valence-electron chi connectivity index (χ1n) is 6.67. The number of rotatable bonds is 10. The maximum absolute atomic E-state index is 12.8. The van der Waals surface area contributed by atoms with Crippen LogP contribution in [0.3, 0.4) is 0 Å². The van der Waals surface area contributed by atoms with E-state index >= 15 is 0 Å². The molecule has 0 radical (unpaired) electrons. The van der Waals surface area contributed by atoms with Gasteiger partial charge < -0.3 is 14.6 Å². The molecule has 1 atom stereocenters. The lowest BCUT2D eigenvalue weighted by Crippen LogP contribution is -2.32. The van der Waals surface area contributed by atoms with E-state index in [0.717, 1.165) is 19.3 Å². The molecular weight excluding hydrogens is 263 g/mol. The van der Waals surface area contributed by atoms with Gasteiger partial charge in [0.25, 0.3) is 0 Å². The van der Waals surface area contributed by atoms with E-state index in [4.69, 9.17) is 9.47 Å². The molecule has 6 heteroatoms. The zero-order valence-electron chi connectivity index (χ0n) is 12.1. The van der Waals surface area contributed by atoms with Crippen molar-refractivity contribution in [1.82, 2.24) is 9.88 Å². The van der Waals surface area contributed by atoms with Gasteiger partial charge in [-0.1, -0.05) is 0 Å². The number of halogens is 1. The third kappa shape index (κ3) is 6.38. The van der Waals surface area contributed by atoms with Gasteiger partial charge in [0, 0.05) is 33.9 Å². The van der Waals surface area contributed by atoms with Crippen LogP contribution >= 0.6 is 0 Å². The molecule has 0 bridgehead atoms. The topological polar surface area (TPSA) is 54.8 Å². The van der Waals surface area contributed by atoms with Gasteiger partial charge >= 0.3 is 0 Å². The summed E-state index contributed by atoms with van der Waals surface area (Å²) in [6.07, 6.45) is 0.960. The van der Waals surface area contributed by atoms with Gasteiger partial charge in [0.05, 0.1) is 31.2 Å². The van der Waals surface area contributed by atoms with Gasteiger partial charge in [0.2, 0.25) is 0 Å². The van der Waals surface area contributed by atoms with E-state index in [-0.39, 0.29) is 0 Å². The largest absolute Gasteiger partial charge is 0.387 e. The van der Waals surface area contributed by atoms with E-state index in [1.165, 1.54) is 12.1 Å². The fourth-order valence-corrected chi connectivity index (χ4v) is 1.81. The van der Waals surface area contributed by atoms with Crippen molar-refractivity contribution in [2.24, 2.45) is 0 Å². The Morgan fingerprint density at radius 1 is 1.20 bits per heavy atom. The maximum atomic E-state index is 12.8. The molecule has 0 aliphatic carbocycles. The summed E-state index contributed by atoms with van der Waals surface area (Å²) in [5.41, 5.74) is 0.491. The molecule has 0 aromatic carbocycles. The van der Waals surface area contributed by atoms with Crippen molar-refractivity contribution in [1.29, 1.82) is 0 Å². The number of aliphatic hydroxyl groups is 1. The van der Waals surface area contributed by atoms with Crippen LogP contribution in [-0.4, -0.2) is 62.1 Å². The Bertz CT molecular complexity index is 354. The molecule has 1 aromatic rings. The van der Waals surface area contributed by atoms with Crippen LogP contribution in [0, 0.1) is 5.82 Å². The summed E-state index contributed by atoms with van der Waals surface area (Å²) in [5.74, 6) is -0.400. The average Bonchev–Trinajstić information content (AvgIpc) is 2.47. The number of ether oxygens (including phenoxy) is 2. The number of aromatic nitrogens is 1. The lowest BCUT2D eigenvalue weighted by Gasteiger charge is -2.22. The van der Waals surface area contributed by atoms with E-state index in [1.54, 1.807) is 14.2 Å². The first-order chi connectivity index (χ1) is 9.67. The SMILES string of the molecule is COCCN(CCOC)CCC(O)c1ccc(F)cn1. The van der Waals surface area contributed by atoms with E-state index in [9.17, 15) is 9.50 Å². The van der Waals surface area contributed by atoms with Crippen molar-refractivity contribution in [3.63, 3.8) is 0 Å². The number of hydrogen-bond acceptors (Lipinski definition) is 5.